The molecule has 0 heterocycles. The van der Waals surface area contributed by atoms with Gasteiger partial charge in [-0.25, -0.2) is 0 Å². The molecule has 0 amide bonds. The van der Waals surface area contributed by atoms with Gasteiger partial charge in [-0.1, -0.05) is 42.5 Å². The van der Waals surface area contributed by atoms with Crippen LogP contribution in [-0.4, -0.2) is 31.1 Å². The second-order valence-corrected chi connectivity index (χ2v) is 6.07. The highest BCUT2D eigenvalue weighted by molar-refractivity contribution is 6.07. The van der Waals surface area contributed by atoms with Gasteiger partial charge in [-0.15, -0.1) is 0 Å². The predicted molar refractivity (Wildman–Crippen MR) is 91.5 cm³/mol. The molecule has 3 rings (SSSR count). The Morgan fingerprint density at radius 2 is 1.35 bits per heavy atom. The van der Waals surface area contributed by atoms with E-state index in [1.807, 2.05) is 30.3 Å². The fraction of sp³-hybridized carbons (Fsp3) is 0.263. The van der Waals surface area contributed by atoms with Gasteiger partial charge in [0.25, 0.3) is 5.69 Å². The first-order valence-electron chi connectivity index (χ1n) is 7.94. The van der Waals surface area contributed by atoms with Crippen molar-refractivity contribution >= 4 is 17.6 Å². The number of ether oxygens (including phenoxy) is 2. The summed E-state index contributed by atoms with van der Waals surface area (Å²) in [6.45, 7) is 0. The molecular weight excluding hydrogens is 338 g/mol. The van der Waals surface area contributed by atoms with Crippen LogP contribution in [0.5, 0.6) is 0 Å². The molecule has 1 aliphatic rings. The summed E-state index contributed by atoms with van der Waals surface area (Å²) in [7, 11) is 2.45. The molecule has 1 fully saturated rings. The van der Waals surface area contributed by atoms with Crippen molar-refractivity contribution in [2.45, 2.75) is 11.8 Å². The Morgan fingerprint density at radius 3 is 1.77 bits per heavy atom. The van der Waals surface area contributed by atoms with Crippen LogP contribution < -0.4 is 0 Å². The van der Waals surface area contributed by atoms with Crippen LogP contribution in [0.15, 0.2) is 54.6 Å². The molecule has 0 aliphatic heterocycles. The number of hydrogen-bond donors (Lipinski definition) is 0. The van der Waals surface area contributed by atoms with Crippen LogP contribution in [0, 0.1) is 15.5 Å². The number of nitrogens with zero attached hydrogens (tertiary/aromatic N) is 1. The number of nitro benzene ring substituents is 1. The Morgan fingerprint density at radius 1 is 0.885 bits per heavy atom. The lowest BCUT2D eigenvalue weighted by molar-refractivity contribution is -0.384. The summed E-state index contributed by atoms with van der Waals surface area (Å²) in [6, 6.07) is 15.0. The number of non-ortho nitro benzene ring substituents is 1. The number of nitro groups is 1. The molecule has 0 radical (unpaired) electrons. The zero-order chi connectivity index (χ0) is 18.9. The Labute approximate surface area is 149 Å². The van der Waals surface area contributed by atoms with Crippen molar-refractivity contribution in [2.75, 3.05) is 14.2 Å². The van der Waals surface area contributed by atoms with Gasteiger partial charge in [-0.05, 0) is 11.1 Å². The quantitative estimate of drug-likeness (QED) is 0.354. The molecule has 2 atom stereocenters. The lowest BCUT2D eigenvalue weighted by Crippen LogP contribution is -2.31. The third-order valence-corrected chi connectivity index (χ3v) is 4.87. The predicted octanol–water partition coefficient (Wildman–Crippen LogP) is 2.81. The number of methoxy groups -OCH3 is 2. The maximum Gasteiger partial charge on any atom is 0.324 e. The molecule has 26 heavy (non-hydrogen) atoms. The topological polar surface area (TPSA) is 95.7 Å². The zero-order valence-corrected chi connectivity index (χ0v) is 14.2. The number of hydrogen-bond acceptors (Lipinski definition) is 6. The van der Waals surface area contributed by atoms with Crippen molar-refractivity contribution in [3.05, 3.63) is 75.8 Å². The van der Waals surface area contributed by atoms with Gasteiger partial charge in [0.15, 0.2) is 5.41 Å². The maximum atomic E-state index is 12.6. The average Bonchev–Trinajstić information content (AvgIpc) is 3.38. The lowest BCUT2D eigenvalue weighted by Gasteiger charge is -2.13. The van der Waals surface area contributed by atoms with Gasteiger partial charge in [0.05, 0.1) is 19.1 Å². The summed E-state index contributed by atoms with van der Waals surface area (Å²) in [4.78, 5) is 35.6. The van der Waals surface area contributed by atoms with E-state index in [1.54, 1.807) is 12.1 Å². The van der Waals surface area contributed by atoms with Crippen molar-refractivity contribution in [1.29, 1.82) is 0 Å². The average molecular weight is 355 g/mol. The molecule has 134 valence electrons. The zero-order valence-electron chi connectivity index (χ0n) is 14.2. The summed E-state index contributed by atoms with van der Waals surface area (Å²) >= 11 is 0. The van der Waals surface area contributed by atoms with Crippen molar-refractivity contribution in [2.24, 2.45) is 5.41 Å². The van der Waals surface area contributed by atoms with Crippen LogP contribution in [0.1, 0.15) is 23.0 Å². The molecule has 0 aromatic heterocycles. The largest absolute Gasteiger partial charge is 0.468 e. The summed E-state index contributed by atoms with van der Waals surface area (Å²) in [6.07, 6.45) is 0. The van der Waals surface area contributed by atoms with E-state index in [0.717, 1.165) is 5.56 Å². The van der Waals surface area contributed by atoms with Crippen molar-refractivity contribution in [3.63, 3.8) is 0 Å². The fourth-order valence-electron chi connectivity index (χ4n) is 3.69. The van der Waals surface area contributed by atoms with E-state index in [0.29, 0.717) is 5.56 Å². The lowest BCUT2D eigenvalue weighted by atomic mass is 9.97. The molecule has 1 unspecified atom stereocenters. The SMILES string of the molecule is COC(=O)C1(C(=O)OC)C(c2ccccc2)[C@H]1c1ccc([N+](=O)[O-])cc1. The van der Waals surface area contributed by atoms with E-state index in [2.05, 4.69) is 0 Å². The Bertz CT molecular complexity index is 830. The molecule has 0 bridgehead atoms. The number of rotatable bonds is 5. The molecular formula is C19H17NO6. The first-order chi connectivity index (χ1) is 12.5. The van der Waals surface area contributed by atoms with Crippen molar-refractivity contribution in [3.8, 4) is 0 Å². The number of esters is 2. The molecule has 0 spiro atoms. The molecule has 1 aliphatic carbocycles. The summed E-state index contributed by atoms with van der Waals surface area (Å²) in [5, 5.41) is 10.9. The normalized spacial score (nSPS) is 20.1. The minimum Gasteiger partial charge on any atom is -0.468 e. The third kappa shape index (κ3) is 2.52. The molecule has 2 aromatic carbocycles. The van der Waals surface area contributed by atoms with Crippen molar-refractivity contribution < 1.29 is 24.0 Å². The van der Waals surface area contributed by atoms with E-state index in [1.165, 1.54) is 26.4 Å². The van der Waals surface area contributed by atoms with Gasteiger partial charge in [0.2, 0.25) is 0 Å². The van der Waals surface area contributed by atoms with Crippen LogP contribution in [0.2, 0.25) is 0 Å². The molecule has 1 saturated carbocycles. The van der Waals surface area contributed by atoms with Crippen LogP contribution in [0.4, 0.5) is 5.69 Å². The first kappa shape index (κ1) is 17.6. The molecule has 0 N–H and O–H groups in total. The van der Waals surface area contributed by atoms with Gasteiger partial charge in [-0.3, -0.25) is 19.7 Å². The highest BCUT2D eigenvalue weighted by atomic mass is 16.6. The van der Waals surface area contributed by atoms with Gasteiger partial charge < -0.3 is 9.47 Å². The van der Waals surface area contributed by atoms with E-state index in [9.17, 15) is 19.7 Å². The van der Waals surface area contributed by atoms with E-state index in [-0.39, 0.29) is 5.69 Å². The molecule has 7 nitrogen and oxygen atoms in total. The van der Waals surface area contributed by atoms with Crippen LogP contribution in [-0.2, 0) is 19.1 Å². The minimum absolute atomic E-state index is 0.0626. The van der Waals surface area contributed by atoms with Crippen molar-refractivity contribution in [1.82, 2.24) is 0 Å². The van der Waals surface area contributed by atoms with Crippen LogP contribution >= 0.6 is 0 Å². The standard InChI is InChI=1S/C19H17NO6/c1-25-17(21)19(18(22)26-2)15(12-6-4-3-5-7-12)16(19)13-8-10-14(11-9-13)20(23)24/h3-11,15-16H,1-2H3/t15?,16-/m1/s1. The minimum atomic E-state index is -1.50. The highest BCUT2D eigenvalue weighted by Crippen LogP contribution is 2.71. The number of benzene rings is 2. The summed E-state index contributed by atoms with van der Waals surface area (Å²) < 4.78 is 9.84. The molecule has 0 saturated heterocycles. The number of carbonyl (C=O) groups is 2. The second-order valence-electron chi connectivity index (χ2n) is 6.07. The monoisotopic (exact) mass is 355 g/mol. The Balaban J connectivity index is 2.11. The van der Waals surface area contributed by atoms with E-state index in [4.69, 9.17) is 9.47 Å². The van der Waals surface area contributed by atoms with E-state index >= 15 is 0 Å². The Kier molecular flexibility index (Phi) is 4.46. The highest BCUT2D eigenvalue weighted by Gasteiger charge is 2.77. The van der Waals surface area contributed by atoms with Gasteiger partial charge in [0.1, 0.15) is 0 Å². The second kappa shape index (κ2) is 6.59. The van der Waals surface area contributed by atoms with E-state index < -0.39 is 34.1 Å². The Hall–Kier alpha value is -3.22. The van der Waals surface area contributed by atoms with Crippen LogP contribution in [0.3, 0.4) is 0 Å². The summed E-state index contributed by atoms with van der Waals surface area (Å²) in [5.41, 5.74) is -0.125. The van der Waals surface area contributed by atoms with Crippen LogP contribution in [0.25, 0.3) is 0 Å². The third-order valence-electron chi connectivity index (χ3n) is 4.87. The van der Waals surface area contributed by atoms with Gasteiger partial charge in [0, 0.05) is 24.0 Å². The van der Waals surface area contributed by atoms with Gasteiger partial charge >= 0.3 is 11.9 Å². The fourth-order valence-corrected chi connectivity index (χ4v) is 3.69. The number of carbonyl (C=O) groups excluding carboxylic acids is 2. The molecule has 7 heteroatoms. The maximum absolute atomic E-state index is 12.6. The summed E-state index contributed by atoms with van der Waals surface area (Å²) in [5.74, 6) is -2.35. The molecule has 2 aromatic rings. The first-order valence-corrected chi connectivity index (χ1v) is 7.94. The smallest absolute Gasteiger partial charge is 0.324 e. The van der Waals surface area contributed by atoms with Gasteiger partial charge in [-0.2, -0.15) is 0 Å².